The Kier molecular flexibility index (Phi) is 7.93. The summed E-state index contributed by atoms with van der Waals surface area (Å²) in [5.74, 6) is 1.66. The highest BCUT2D eigenvalue weighted by Gasteiger charge is 2.25. The SMILES string of the molecule is CC(C)CNC(=O)[C@@H](C)N(CCc1ccccc1)C(=O)CCc1ccc2c(c1)OCO2. The van der Waals surface area contributed by atoms with Crippen LogP contribution in [0.5, 0.6) is 11.5 Å². The van der Waals surface area contributed by atoms with Gasteiger partial charge in [-0.05, 0) is 48.9 Å². The first-order valence-corrected chi connectivity index (χ1v) is 10.9. The van der Waals surface area contributed by atoms with Crippen molar-refractivity contribution in [3.63, 3.8) is 0 Å². The number of aryl methyl sites for hydroxylation is 1. The fraction of sp³-hybridized carbons (Fsp3) is 0.440. The van der Waals surface area contributed by atoms with Crippen molar-refractivity contribution >= 4 is 11.8 Å². The number of benzene rings is 2. The van der Waals surface area contributed by atoms with Gasteiger partial charge in [-0.1, -0.05) is 50.2 Å². The predicted molar refractivity (Wildman–Crippen MR) is 120 cm³/mol. The molecule has 0 fully saturated rings. The Balaban J connectivity index is 1.64. The highest BCUT2D eigenvalue weighted by atomic mass is 16.7. The molecule has 1 heterocycles. The molecule has 6 heteroatoms. The van der Waals surface area contributed by atoms with Crippen LogP contribution in [-0.4, -0.2) is 42.6 Å². The van der Waals surface area contributed by atoms with Crippen LogP contribution < -0.4 is 14.8 Å². The molecule has 0 unspecified atom stereocenters. The highest BCUT2D eigenvalue weighted by Crippen LogP contribution is 2.32. The summed E-state index contributed by atoms with van der Waals surface area (Å²) in [4.78, 5) is 27.5. The largest absolute Gasteiger partial charge is 0.454 e. The number of ether oxygens (including phenoxy) is 2. The number of carbonyl (C=O) groups is 2. The Bertz CT molecular complexity index is 882. The molecule has 6 nitrogen and oxygen atoms in total. The minimum Gasteiger partial charge on any atom is -0.454 e. The van der Waals surface area contributed by atoms with Crippen molar-refractivity contribution in [2.75, 3.05) is 19.9 Å². The number of hydrogen-bond acceptors (Lipinski definition) is 4. The maximum Gasteiger partial charge on any atom is 0.242 e. The van der Waals surface area contributed by atoms with Crippen molar-refractivity contribution in [2.24, 2.45) is 5.92 Å². The molecule has 0 aromatic heterocycles. The minimum absolute atomic E-state index is 0.0270. The molecule has 2 aromatic rings. The van der Waals surface area contributed by atoms with Gasteiger partial charge in [0.2, 0.25) is 18.6 Å². The summed E-state index contributed by atoms with van der Waals surface area (Å²) in [6, 6.07) is 15.2. The number of hydrogen-bond donors (Lipinski definition) is 1. The molecule has 166 valence electrons. The molecule has 0 spiro atoms. The van der Waals surface area contributed by atoms with E-state index in [0.717, 1.165) is 16.9 Å². The van der Waals surface area contributed by atoms with Crippen molar-refractivity contribution in [2.45, 2.75) is 46.1 Å². The number of carbonyl (C=O) groups excluding carboxylic acids is 2. The average Bonchev–Trinajstić information content (AvgIpc) is 3.24. The summed E-state index contributed by atoms with van der Waals surface area (Å²) in [6.45, 7) is 7.23. The van der Waals surface area contributed by atoms with Crippen LogP contribution in [0.25, 0.3) is 0 Å². The van der Waals surface area contributed by atoms with Gasteiger partial charge in [0.25, 0.3) is 0 Å². The smallest absolute Gasteiger partial charge is 0.242 e. The molecule has 1 aliphatic rings. The first kappa shape index (κ1) is 22.7. The van der Waals surface area contributed by atoms with Gasteiger partial charge in [0, 0.05) is 19.5 Å². The van der Waals surface area contributed by atoms with Gasteiger partial charge < -0.3 is 19.7 Å². The van der Waals surface area contributed by atoms with Crippen LogP contribution in [0, 0.1) is 5.92 Å². The molecule has 0 aliphatic carbocycles. The van der Waals surface area contributed by atoms with Crippen LogP contribution in [0.1, 0.15) is 38.3 Å². The molecule has 1 aliphatic heterocycles. The van der Waals surface area contributed by atoms with E-state index in [9.17, 15) is 9.59 Å². The predicted octanol–water partition coefficient (Wildman–Crippen LogP) is 3.58. The molecule has 0 saturated carbocycles. The second-order valence-electron chi connectivity index (χ2n) is 8.33. The lowest BCUT2D eigenvalue weighted by atomic mass is 10.1. The minimum atomic E-state index is -0.522. The Hall–Kier alpha value is -3.02. The van der Waals surface area contributed by atoms with E-state index < -0.39 is 6.04 Å². The summed E-state index contributed by atoms with van der Waals surface area (Å²) in [7, 11) is 0. The molecule has 31 heavy (non-hydrogen) atoms. The fourth-order valence-corrected chi connectivity index (χ4v) is 3.51. The second kappa shape index (κ2) is 10.8. The van der Waals surface area contributed by atoms with E-state index in [1.165, 1.54) is 0 Å². The molecule has 0 bridgehead atoms. The molecule has 0 radical (unpaired) electrons. The Labute approximate surface area is 184 Å². The molecule has 1 N–H and O–H groups in total. The van der Waals surface area contributed by atoms with Crippen molar-refractivity contribution in [3.8, 4) is 11.5 Å². The van der Waals surface area contributed by atoms with Crippen LogP contribution in [0.3, 0.4) is 0 Å². The fourth-order valence-electron chi connectivity index (χ4n) is 3.51. The molecule has 2 aromatic carbocycles. The highest BCUT2D eigenvalue weighted by molar-refractivity contribution is 5.87. The third-order valence-corrected chi connectivity index (χ3v) is 5.40. The van der Waals surface area contributed by atoms with Crippen molar-refractivity contribution in [3.05, 3.63) is 59.7 Å². The van der Waals surface area contributed by atoms with Crippen molar-refractivity contribution in [1.29, 1.82) is 0 Å². The summed E-state index contributed by atoms with van der Waals surface area (Å²) < 4.78 is 10.8. The van der Waals surface area contributed by atoms with Crippen LogP contribution in [0.2, 0.25) is 0 Å². The summed E-state index contributed by atoms with van der Waals surface area (Å²) in [5, 5.41) is 2.95. The zero-order valence-electron chi connectivity index (χ0n) is 18.6. The van der Waals surface area contributed by atoms with E-state index in [1.807, 2.05) is 48.5 Å². The monoisotopic (exact) mass is 424 g/mol. The lowest BCUT2D eigenvalue weighted by Crippen LogP contribution is -2.49. The zero-order chi connectivity index (χ0) is 22.2. The van der Waals surface area contributed by atoms with E-state index in [2.05, 4.69) is 19.2 Å². The van der Waals surface area contributed by atoms with Gasteiger partial charge in [-0.25, -0.2) is 0 Å². The number of amides is 2. The number of nitrogens with one attached hydrogen (secondary N) is 1. The van der Waals surface area contributed by atoms with E-state index in [4.69, 9.17) is 9.47 Å². The van der Waals surface area contributed by atoms with Gasteiger partial charge in [0.15, 0.2) is 11.5 Å². The molecule has 3 rings (SSSR count). The molecule has 2 amide bonds. The third kappa shape index (κ3) is 6.48. The quantitative estimate of drug-likeness (QED) is 0.633. The van der Waals surface area contributed by atoms with Gasteiger partial charge in [-0.15, -0.1) is 0 Å². The van der Waals surface area contributed by atoms with Crippen molar-refractivity contribution < 1.29 is 19.1 Å². The Morgan fingerprint density at radius 2 is 1.71 bits per heavy atom. The molecular weight excluding hydrogens is 392 g/mol. The maximum absolute atomic E-state index is 13.1. The summed E-state index contributed by atoms with van der Waals surface area (Å²) in [5.41, 5.74) is 2.16. The first-order chi connectivity index (χ1) is 14.9. The third-order valence-electron chi connectivity index (χ3n) is 5.40. The van der Waals surface area contributed by atoms with E-state index >= 15 is 0 Å². The summed E-state index contributed by atoms with van der Waals surface area (Å²) in [6.07, 6.45) is 1.62. The molecule has 1 atom stereocenters. The van der Waals surface area contributed by atoms with Crippen LogP contribution in [0.4, 0.5) is 0 Å². The number of nitrogens with zero attached hydrogens (tertiary/aromatic N) is 1. The van der Waals surface area contributed by atoms with Crippen LogP contribution in [0.15, 0.2) is 48.5 Å². The van der Waals surface area contributed by atoms with Gasteiger partial charge >= 0.3 is 0 Å². The second-order valence-corrected chi connectivity index (χ2v) is 8.33. The average molecular weight is 425 g/mol. The first-order valence-electron chi connectivity index (χ1n) is 10.9. The van der Waals surface area contributed by atoms with Gasteiger partial charge in [0.05, 0.1) is 0 Å². The van der Waals surface area contributed by atoms with E-state index in [-0.39, 0.29) is 18.6 Å². The lowest BCUT2D eigenvalue weighted by Gasteiger charge is -2.29. The van der Waals surface area contributed by atoms with Crippen LogP contribution in [-0.2, 0) is 22.4 Å². The topological polar surface area (TPSA) is 67.9 Å². The standard InChI is InChI=1S/C25H32N2O4/c1-18(2)16-26-25(29)19(3)27(14-13-20-7-5-4-6-8-20)24(28)12-10-21-9-11-22-23(15-21)31-17-30-22/h4-9,11,15,18-19H,10,12-14,16-17H2,1-3H3,(H,26,29)/t19-/m1/s1. The lowest BCUT2D eigenvalue weighted by molar-refractivity contribution is -0.139. The number of fused-ring (bicyclic) bond motifs is 1. The Morgan fingerprint density at radius 3 is 2.45 bits per heavy atom. The Morgan fingerprint density at radius 1 is 0.968 bits per heavy atom. The van der Waals surface area contributed by atoms with Crippen molar-refractivity contribution in [1.82, 2.24) is 10.2 Å². The van der Waals surface area contributed by atoms with E-state index in [0.29, 0.717) is 44.0 Å². The molecule has 0 saturated heterocycles. The van der Waals surface area contributed by atoms with Gasteiger partial charge in [-0.3, -0.25) is 9.59 Å². The van der Waals surface area contributed by atoms with Crippen LogP contribution >= 0.6 is 0 Å². The maximum atomic E-state index is 13.1. The number of rotatable bonds is 10. The molecular formula is C25H32N2O4. The van der Waals surface area contributed by atoms with Gasteiger partial charge in [-0.2, -0.15) is 0 Å². The normalized spacial score (nSPS) is 13.2. The summed E-state index contributed by atoms with van der Waals surface area (Å²) >= 11 is 0. The van der Waals surface area contributed by atoms with Gasteiger partial charge in [0.1, 0.15) is 6.04 Å². The van der Waals surface area contributed by atoms with E-state index in [1.54, 1.807) is 11.8 Å². The zero-order valence-corrected chi connectivity index (χ0v) is 18.6.